The second-order valence-corrected chi connectivity index (χ2v) is 6.16. The third kappa shape index (κ3) is 3.93. The van der Waals surface area contributed by atoms with Gasteiger partial charge in [-0.15, -0.1) is 11.6 Å². The van der Waals surface area contributed by atoms with E-state index < -0.39 is 26.1 Å². The molecule has 0 aliphatic rings. The Kier molecular flexibility index (Phi) is 5.79. The maximum Gasteiger partial charge on any atom is 0.381 e. The maximum atomic E-state index is 12.8. The van der Waals surface area contributed by atoms with E-state index >= 15 is 0 Å². The summed E-state index contributed by atoms with van der Waals surface area (Å²) in [7, 11) is 0. The van der Waals surface area contributed by atoms with E-state index in [1.165, 1.54) is 22.6 Å². The van der Waals surface area contributed by atoms with Gasteiger partial charge in [-0.05, 0) is 0 Å². The molecule has 0 radical (unpaired) electrons. The fourth-order valence-electron chi connectivity index (χ4n) is 0.668. The number of rotatable bonds is 5. The minimum absolute atomic E-state index is 0.00467. The molecular formula is C6H5ClF6I2. The lowest BCUT2D eigenvalue weighted by molar-refractivity contribution is -0.271. The van der Waals surface area contributed by atoms with E-state index in [2.05, 4.69) is 0 Å². The van der Waals surface area contributed by atoms with Crippen molar-refractivity contribution in [3.63, 3.8) is 0 Å². The van der Waals surface area contributed by atoms with Crippen molar-refractivity contribution in [2.24, 2.45) is 0 Å². The average molecular weight is 480 g/mol. The fraction of sp³-hybridized carbons (Fsp3) is 1.00. The molecule has 0 aromatic rings. The van der Waals surface area contributed by atoms with Crippen LogP contribution in [0.3, 0.4) is 0 Å². The largest absolute Gasteiger partial charge is 0.381 e. The van der Waals surface area contributed by atoms with Crippen molar-refractivity contribution in [1.82, 2.24) is 0 Å². The highest BCUT2D eigenvalue weighted by Gasteiger charge is 2.70. The molecule has 92 valence electrons. The topological polar surface area (TPSA) is 0 Å². The molecule has 0 saturated heterocycles. The summed E-state index contributed by atoms with van der Waals surface area (Å²) in [5.74, 6) is -10.5. The normalized spacial score (nSPS) is 16.6. The van der Waals surface area contributed by atoms with Gasteiger partial charge < -0.3 is 0 Å². The van der Waals surface area contributed by atoms with Crippen molar-refractivity contribution in [2.75, 3.05) is 5.88 Å². The molecular weight excluding hydrogens is 475 g/mol. The summed E-state index contributed by atoms with van der Waals surface area (Å²) >= 11 is 6.56. The molecule has 15 heavy (non-hydrogen) atoms. The molecule has 0 aliphatic heterocycles. The Balaban J connectivity index is 4.85. The summed E-state index contributed by atoms with van der Waals surface area (Å²) in [6, 6.07) is 0. The molecule has 1 unspecified atom stereocenters. The zero-order chi connectivity index (χ0) is 12.5. The second-order valence-electron chi connectivity index (χ2n) is 2.73. The van der Waals surface area contributed by atoms with Crippen molar-refractivity contribution in [2.45, 2.75) is 26.1 Å². The van der Waals surface area contributed by atoms with Gasteiger partial charge in [-0.2, -0.15) is 26.3 Å². The Morgan fingerprint density at radius 1 is 1.07 bits per heavy atom. The number of hydrogen-bond donors (Lipinski definition) is 0. The lowest BCUT2D eigenvalue weighted by Gasteiger charge is -2.30. The smallest absolute Gasteiger partial charge is 0.200 e. The van der Waals surface area contributed by atoms with E-state index in [1.54, 1.807) is 0 Å². The third-order valence-electron chi connectivity index (χ3n) is 1.46. The van der Waals surface area contributed by atoms with Crippen LogP contribution in [0.1, 0.15) is 6.42 Å². The van der Waals surface area contributed by atoms with Gasteiger partial charge in [0.1, 0.15) is 0 Å². The molecule has 9 heteroatoms. The molecule has 0 N–H and O–H groups in total. The Bertz CT molecular complexity index is 216. The van der Waals surface area contributed by atoms with Crippen LogP contribution in [0.25, 0.3) is 0 Å². The Labute approximate surface area is 114 Å². The van der Waals surface area contributed by atoms with Crippen LogP contribution in [-0.2, 0) is 0 Å². The molecule has 0 heterocycles. The van der Waals surface area contributed by atoms with Crippen molar-refractivity contribution < 1.29 is 26.3 Å². The molecule has 0 aliphatic carbocycles. The van der Waals surface area contributed by atoms with E-state index in [1.807, 2.05) is 0 Å². The SMILES string of the molecule is FC(F)(I)C(F)(F)C(F)(F)CC(I)CCl. The first-order valence-electron chi connectivity index (χ1n) is 3.48. The van der Waals surface area contributed by atoms with Gasteiger partial charge >= 0.3 is 15.8 Å². The summed E-state index contributed by atoms with van der Waals surface area (Å²) in [6.07, 6.45) is -1.39. The highest BCUT2D eigenvalue weighted by atomic mass is 127. The Hall–Kier alpha value is 1.33. The summed E-state index contributed by atoms with van der Waals surface area (Å²) in [6.45, 7) is 0. The minimum atomic E-state index is -5.38. The van der Waals surface area contributed by atoms with Crippen LogP contribution in [0, 0.1) is 0 Å². The van der Waals surface area contributed by atoms with Crippen LogP contribution >= 0.6 is 56.8 Å². The molecule has 0 nitrogen and oxygen atoms in total. The molecule has 0 spiro atoms. The maximum absolute atomic E-state index is 12.8. The van der Waals surface area contributed by atoms with Gasteiger partial charge in [0.2, 0.25) is 0 Å². The van der Waals surface area contributed by atoms with E-state index in [0.29, 0.717) is 0 Å². The van der Waals surface area contributed by atoms with Crippen molar-refractivity contribution in [3.8, 4) is 0 Å². The minimum Gasteiger partial charge on any atom is -0.200 e. The van der Waals surface area contributed by atoms with Crippen molar-refractivity contribution in [3.05, 3.63) is 0 Å². The summed E-state index contributed by atoms with van der Waals surface area (Å²) in [5.41, 5.74) is 0. The molecule has 0 aromatic heterocycles. The molecule has 1 atom stereocenters. The quantitative estimate of drug-likeness (QED) is 0.304. The Morgan fingerprint density at radius 3 is 1.73 bits per heavy atom. The predicted molar refractivity (Wildman–Crippen MR) is 62.0 cm³/mol. The molecule has 0 saturated carbocycles. The zero-order valence-corrected chi connectivity index (χ0v) is 12.0. The van der Waals surface area contributed by atoms with Crippen LogP contribution in [0.15, 0.2) is 0 Å². The lowest BCUT2D eigenvalue weighted by atomic mass is 10.1. The first kappa shape index (κ1) is 16.3. The number of halogens is 9. The monoisotopic (exact) mass is 480 g/mol. The first-order chi connectivity index (χ1) is 6.45. The molecule has 0 rings (SSSR count). The number of alkyl halides is 9. The highest BCUT2D eigenvalue weighted by molar-refractivity contribution is 14.1. The average Bonchev–Trinajstić information content (AvgIpc) is 2.00. The molecule has 0 fully saturated rings. The van der Waals surface area contributed by atoms with Crippen LogP contribution in [-0.4, -0.2) is 25.6 Å². The van der Waals surface area contributed by atoms with Gasteiger partial charge in [0.15, 0.2) is 0 Å². The van der Waals surface area contributed by atoms with Crippen molar-refractivity contribution >= 4 is 56.8 Å². The van der Waals surface area contributed by atoms with Gasteiger partial charge in [0.25, 0.3) is 0 Å². The Morgan fingerprint density at radius 2 is 1.47 bits per heavy atom. The van der Waals surface area contributed by atoms with Gasteiger partial charge in [-0.25, -0.2) is 0 Å². The van der Waals surface area contributed by atoms with Gasteiger partial charge in [-0.3, -0.25) is 0 Å². The van der Waals surface area contributed by atoms with E-state index in [0.717, 1.165) is 0 Å². The van der Waals surface area contributed by atoms with Crippen LogP contribution in [0.4, 0.5) is 26.3 Å². The standard InChI is InChI=1S/C6H5ClF6I2/c7-2-3(14)1-4(8,9)5(10,11)6(12,13)15/h3H,1-2H2. The molecule has 0 bridgehead atoms. The van der Waals surface area contributed by atoms with E-state index in [4.69, 9.17) is 11.6 Å². The van der Waals surface area contributed by atoms with Gasteiger partial charge in [0.05, 0.1) is 0 Å². The predicted octanol–water partition coefficient (Wildman–Crippen LogP) is 4.72. The van der Waals surface area contributed by atoms with Crippen molar-refractivity contribution in [1.29, 1.82) is 0 Å². The van der Waals surface area contributed by atoms with Gasteiger partial charge in [0, 0.05) is 38.8 Å². The van der Waals surface area contributed by atoms with E-state index in [-0.39, 0.29) is 28.5 Å². The second kappa shape index (κ2) is 5.32. The summed E-state index contributed by atoms with van der Waals surface area (Å²) in [5, 5.41) is 0. The van der Waals surface area contributed by atoms with Crippen LogP contribution in [0.2, 0.25) is 0 Å². The lowest BCUT2D eigenvalue weighted by Crippen LogP contribution is -2.52. The molecule has 0 aromatic carbocycles. The third-order valence-corrected chi connectivity index (χ3v) is 3.91. The van der Waals surface area contributed by atoms with E-state index in [9.17, 15) is 26.3 Å². The number of hydrogen-bond acceptors (Lipinski definition) is 0. The summed E-state index contributed by atoms with van der Waals surface area (Å²) < 4.78 is 69.7. The highest BCUT2D eigenvalue weighted by Crippen LogP contribution is 2.51. The summed E-state index contributed by atoms with van der Waals surface area (Å²) in [4.78, 5) is 0. The van der Waals surface area contributed by atoms with Gasteiger partial charge in [-0.1, -0.05) is 22.6 Å². The fourth-order valence-corrected chi connectivity index (χ4v) is 1.73. The zero-order valence-electron chi connectivity index (χ0n) is 6.89. The molecule has 0 amide bonds. The van der Waals surface area contributed by atoms with Crippen LogP contribution < -0.4 is 0 Å². The first-order valence-corrected chi connectivity index (χ1v) is 6.34. The van der Waals surface area contributed by atoms with Crippen LogP contribution in [0.5, 0.6) is 0 Å².